The highest BCUT2D eigenvalue weighted by Gasteiger charge is 2.40. The Balaban J connectivity index is 2.44. The highest BCUT2D eigenvalue weighted by Crippen LogP contribution is 2.41. The van der Waals surface area contributed by atoms with E-state index in [1.54, 1.807) is 6.92 Å². The molecule has 2 atom stereocenters. The van der Waals surface area contributed by atoms with Crippen molar-refractivity contribution in [3.63, 3.8) is 0 Å². The van der Waals surface area contributed by atoms with Crippen LogP contribution in [-0.2, 0) is 11.0 Å². The van der Waals surface area contributed by atoms with Crippen molar-refractivity contribution >= 4 is 52.7 Å². The predicted molar refractivity (Wildman–Crippen MR) is 126 cm³/mol. The normalized spacial score (nSPS) is 14.0. The molecule has 0 fully saturated rings. The fraction of sp³-hybridized carbons (Fsp3) is 0.304. The van der Waals surface area contributed by atoms with E-state index in [9.17, 15) is 35.9 Å². The number of nitrogens with one attached hydrogen (secondary N) is 2. The fourth-order valence-corrected chi connectivity index (χ4v) is 3.75. The molecule has 13 heteroatoms. The van der Waals surface area contributed by atoms with Crippen molar-refractivity contribution in [2.24, 2.45) is 0 Å². The van der Waals surface area contributed by atoms with Crippen LogP contribution in [0.25, 0.3) is 6.08 Å². The molecule has 0 saturated heterocycles. The van der Waals surface area contributed by atoms with E-state index in [0.29, 0.717) is 12.1 Å². The predicted octanol–water partition coefficient (Wildman–Crippen LogP) is 7.28. The molecule has 2 aromatic rings. The van der Waals surface area contributed by atoms with Crippen molar-refractivity contribution in [3.8, 4) is 0 Å². The molecular formula is C23H19Cl3F6N2O2. The third kappa shape index (κ3) is 7.54. The maximum absolute atomic E-state index is 13.7. The molecule has 2 amide bonds. The van der Waals surface area contributed by atoms with Gasteiger partial charge in [-0.3, -0.25) is 9.59 Å². The van der Waals surface area contributed by atoms with Crippen LogP contribution in [-0.4, -0.2) is 30.6 Å². The zero-order valence-corrected chi connectivity index (χ0v) is 20.9. The van der Waals surface area contributed by atoms with Gasteiger partial charge in [0.25, 0.3) is 5.91 Å². The van der Waals surface area contributed by atoms with Crippen molar-refractivity contribution in [1.29, 1.82) is 0 Å². The molecule has 36 heavy (non-hydrogen) atoms. The zero-order chi connectivity index (χ0) is 27.4. The topological polar surface area (TPSA) is 58.2 Å². The molecule has 0 spiro atoms. The maximum Gasteiger partial charge on any atom is 0.417 e. The largest absolute Gasteiger partial charge is 0.417 e. The number of rotatable bonds is 7. The molecule has 0 radical (unpaired) electrons. The van der Waals surface area contributed by atoms with Crippen LogP contribution < -0.4 is 10.6 Å². The highest BCUT2D eigenvalue weighted by atomic mass is 35.5. The molecule has 196 valence electrons. The Labute approximate surface area is 217 Å². The van der Waals surface area contributed by atoms with Gasteiger partial charge in [-0.25, -0.2) is 0 Å². The van der Waals surface area contributed by atoms with Crippen LogP contribution in [0.1, 0.15) is 46.8 Å². The van der Waals surface area contributed by atoms with E-state index < -0.39 is 47.3 Å². The standard InChI is InChI=1S/C23H19Cl3F6N2O2/c1-3-33-20(35)11(2)34-21(36)14-6-4-12(8-16(14)23(30,31)32)5-7-15(22(27,28)29)13-9-17(24)19(26)18(25)10-13/h4-11,15H,3H2,1-2H3,(H,33,35)(H,34,36). The van der Waals surface area contributed by atoms with Crippen LogP contribution in [0.5, 0.6) is 0 Å². The number of amides is 2. The van der Waals surface area contributed by atoms with Crippen molar-refractivity contribution < 1.29 is 35.9 Å². The lowest BCUT2D eigenvalue weighted by Gasteiger charge is -2.19. The first kappa shape index (κ1) is 29.8. The minimum absolute atomic E-state index is 0.142. The van der Waals surface area contributed by atoms with E-state index in [4.69, 9.17) is 34.8 Å². The van der Waals surface area contributed by atoms with E-state index >= 15 is 0 Å². The summed E-state index contributed by atoms with van der Waals surface area (Å²) in [6.45, 7) is 3.17. The summed E-state index contributed by atoms with van der Waals surface area (Å²) in [6.07, 6.45) is -8.37. The molecule has 2 rings (SSSR count). The number of hydrogen-bond acceptors (Lipinski definition) is 2. The van der Waals surface area contributed by atoms with Crippen molar-refractivity contribution in [2.45, 2.75) is 38.2 Å². The van der Waals surface area contributed by atoms with Gasteiger partial charge in [0.2, 0.25) is 5.91 Å². The molecule has 4 nitrogen and oxygen atoms in total. The molecule has 0 aliphatic rings. The van der Waals surface area contributed by atoms with E-state index in [2.05, 4.69) is 10.6 Å². The maximum atomic E-state index is 13.7. The van der Waals surface area contributed by atoms with Gasteiger partial charge in [0, 0.05) is 6.54 Å². The molecule has 0 aliphatic heterocycles. The summed E-state index contributed by atoms with van der Waals surface area (Å²) in [4.78, 5) is 24.2. The monoisotopic (exact) mass is 574 g/mol. The zero-order valence-electron chi connectivity index (χ0n) is 18.6. The summed E-state index contributed by atoms with van der Waals surface area (Å²) in [5.74, 6) is -4.03. The molecule has 0 aromatic heterocycles. The molecule has 0 bridgehead atoms. The Hall–Kier alpha value is -2.43. The number of likely N-dealkylation sites (N-methyl/N-ethyl adjacent to an activating group) is 1. The number of allylic oxidation sites excluding steroid dienone is 1. The van der Waals surface area contributed by atoms with Gasteiger partial charge in [-0.1, -0.05) is 53.0 Å². The Morgan fingerprint density at radius 2 is 1.58 bits per heavy atom. The van der Waals surface area contributed by atoms with E-state index in [1.807, 2.05) is 0 Å². The summed E-state index contributed by atoms with van der Waals surface area (Å²) in [5, 5.41) is 4.00. The van der Waals surface area contributed by atoms with E-state index in [1.165, 1.54) is 6.92 Å². The van der Waals surface area contributed by atoms with Gasteiger partial charge in [0.1, 0.15) is 6.04 Å². The lowest BCUT2D eigenvalue weighted by atomic mass is 9.96. The first-order chi connectivity index (χ1) is 16.6. The number of alkyl halides is 6. The summed E-state index contributed by atoms with van der Waals surface area (Å²) in [5.41, 5.74) is -2.80. The van der Waals surface area contributed by atoms with E-state index in [-0.39, 0.29) is 32.7 Å². The second-order valence-corrected chi connectivity index (χ2v) is 8.76. The highest BCUT2D eigenvalue weighted by molar-refractivity contribution is 6.48. The molecule has 0 heterocycles. The second-order valence-electron chi connectivity index (χ2n) is 7.57. The Morgan fingerprint density at radius 1 is 1.00 bits per heavy atom. The number of benzene rings is 2. The smallest absolute Gasteiger partial charge is 0.355 e. The summed E-state index contributed by atoms with van der Waals surface area (Å²) < 4.78 is 82.2. The molecule has 2 aromatic carbocycles. The minimum atomic E-state index is -5.01. The first-order valence-corrected chi connectivity index (χ1v) is 11.4. The summed E-state index contributed by atoms with van der Waals surface area (Å²) in [6, 6.07) is 3.21. The molecular weight excluding hydrogens is 557 g/mol. The average molecular weight is 576 g/mol. The van der Waals surface area contributed by atoms with Crippen molar-refractivity contribution in [3.05, 3.63) is 73.7 Å². The second kappa shape index (κ2) is 11.7. The Bertz CT molecular complexity index is 1140. The lowest BCUT2D eigenvalue weighted by Crippen LogP contribution is -2.45. The quantitative estimate of drug-likeness (QED) is 0.269. The third-order valence-electron chi connectivity index (χ3n) is 4.88. The average Bonchev–Trinajstić information content (AvgIpc) is 2.76. The number of hydrogen-bond donors (Lipinski definition) is 2. The van der Waals surface area contributed by atoms with Gasteiger partial charge in [0.15, 0.2) is 0 Å². The molecule has 2 N–H and O–H groups in total. The van der Waals surface area contributed by atoms with Crippen LogP contribution in [0.2, 0.25) is 15.1 Å². The number of carbonyl (C=O) groups excluding carboxylic acids is 2. The summed E-state index contributed by atoms with van der Waals surface area (Å²) in [7, 11) is 0. The van der Waals surface area contributed by atoms with Gasteiger partial charge in [-0.05, 0) is 49.2 Å². The van der Waals surface area contributed by atoms with Gasteiger partial charge < -0.3 is 10.6 Å². The molecule has 0 saturated carbocycles. The van der Waals surface area contributed by atoms with Gasteiger partial charge >= 0.3 is 12.4 Å². The number of carbonyl (C=O) groups is 2. The Kier molecular flexibility index (Phi) is 9.72. The van der Waals surface area contributed by atoms with Crippen LogP contribution in [0.4, 0.5) is 26.3 Å². The molecule has 2 unspecified atom stereocenters. The van der Waals surface area contributed by atoms with Gasteiger partial charge in [-0.15, -0.1) is 0 Å². The lowest BCUT2D eigenvalue weighted by molar-refractivity contribution is -0.139. The Morgan fingerprint density at radius 3 is 2.08 bits per heavy atom. The van der Waals surface area contributed by atoms with Crippen LogP contribution in [0, 0.1) is 0 Å². The fourth-order valence-electron chi connectivity index (χ4n) is 3.14. The van der Waals surface area contributed by atoms with Crippen LogP contribution >= 0.6 is 34.8 Å². The molecule has 0 aliphatic carbocycles. The van der Waals surface area contributed by atoms with Gasteiger partial charge in [0.05, 0.1) is 32.1 Å². The third-order valence-corrected chi connectivity index (χ3v) is 6.08. The number of halogens is 9. The van der Waals surface area contributed by atoms with Gasteiger partial charge in [-0.2, -0.15) is 26.3 Å². The van der Waals surface area contributed by atoms with Crippen molar-refractivity contribution in [1.82, 2.24) is 10.6 Å². The minimum Gasteiger partial charge on any atom is -0.355 e. The van der Waals surface area contributed by atoms with E-state index in [0.717, 1.165) is 30.3 Å². The summed E-state index contributed by atoms with van der Waals surface area (Å²) >= 11 is 17.4. The van der Waals surface area contributed by atoms with Crippen molar-refractivity contribution in [2.75, 3.05) is 6.54 Å². The van der Waals surface area contributed by atoms with Crippen LogP contribution in [0.3, 0.4) is 0 Å². The first-order valence-electron chi connectivity index (χ1n) is 10.2. The van der Waals surface area contributed by atoms with Crippen LogP contribution in [0.15, 0.2) is 36.4 Å². The SMILES string of the molecule is CCNC(=O)C(C)NC(=O)c1ccc(C=CC(c2cc(Cl)c(Cl)c(Cl)c2)C(F)(F)F)cc1C(F)(F)F.